The maximum absolute atomic E-state index is 8.91. The summed E-state index contributed by atoms with van der Waals surface area (Å²) in [7, 11) is 4.70. The molecule has 5 nitrogen and oxygen atoms in total. The maximum atomic E-state index is 8.91. The molecule has 0 aliphatic rings. The molecule has 1 N–H and O–H groups in total. The molecule has 6 heteroatoms. The fourth-order valence-electron chi connectivity index (χ4n) is 1.92. The summed E-state index contributed by atoms with van der Waals surface area (Å²) in [6, 6.07) is 5.59. The van der Waals surface area contributed by atoms with Gasteiger partial charge in [0.25, 0.3) is 0 Å². The number of rotatable bonds is 6. The second-order valence-corrected chi connectivity index (χ2v) is 4.69. The lowest BCUT2D eigenvalue weighted by Crippen LogP contribution is -1.97. The lowest BCUT2D eigenvalue weighted by atomic mass is 10.1. The van der Waals surface area contributed by atoms with Crippen molar-refractivity contribution >= 4 is 11.3 Å². The minimum atomic E-state index is -0.363. The van der Waals surface area contributed by atoms with Crippen LogP contribution < -0.4 is 18.9 Å². The Kier molecular flexibility index (Phi) is 4.70. The highest BCUT2D eigenvalue weighted by molar-refractivity contribution is 7.12. The van der Waals surface area contributed by atoms with Gasteiger partial charge in [0.15, 0.2) is 23.4 Å². The van der Waals surface area contributed by atoms with Gasteiger partial charge in [-0.1, -0.05) is 0 Å². The number of aliphatic hydroxyl groups excluding tert-OH is 1. The van der Waals surface area contributed by atoms with Gasteiger partial charge in [-0.2, -0.15) is 0 Å². The molecule has 2 rings (SSSR count). The van der Waals surface area contributed by atoms with Gasteiger partial charge in [-0.25, -0.2) is 0 Å². The van der Waals surface area contributed by atoms with Crippen LogP contribution >= 0.6 is 11.3 Å². The van der Waals surface area contributed by atoms with E-state index in [2.05, 4.69) is 0 Å². The predicted octanol–water partition coefficient (Wildman–Crippen LogP) is 2.77. The third-order valence-electron chi connectivity index (χ3n) is 2.80. The molecule has 0 fully saturated rings. The molecule has 0 radical (unpaired) electrons. The van der Waals surface area contributed by atoms with Crippen LogP contribution in [0.25, 0.3) is 11.1 Å². The van der Waals surface area contributed by atoms with Crippen LogP contribution in [-0.2, 0) is 0 Å². The summed E-state index contributed by atoms with van der Waals surface area (Å²) in [6.45, 7) is -0.363. The van der Waals surface area contributed by atoms with Crippen molar-refractivity contribution in [2.24, 2.45) is 0 Å². The Morgan fingerprint density at radius 2 is 1.70 bits per heavy atom. The monoisotopic (exact) mass is 296 g/mol. The van der Waals surface area contributed by atoms with E-state index in [4.69, 9.17) is 24.1 Å². The second-order valence-electron chi connectivity index (χ2n) is 3.81. The molecule has 0 saturated carbocycles. The molecular formula is C14H16O5S. The van der Waals surface area contributed by atoms with Crippen LogP contribution in [-0.4, -0.2) is 33.2 Å². The zero-order valence-corrected chi connectivity index (χ0v) is 12.3. The second kappa shape index (κ2) is 6.49. The number of benzene rings is 1. The third kappa shape index (κ3) is 2.66. The molecule has 20 heavy (non-hydrogen) atoms. The first kappa shape index (κ1) is 14.5. The SMILES string of the molecule is COc1cc(-c2ccsc2OCO)cc(OC)c1OC. The van der Waals surface area contributed by atoms with Gasteiger partial charge in [-0.3, -0.25) is 0 Å². The zero-order chi connectivity index (χ0) is 14.5. The third-order valence-corrected chi connectivity index (χ3v) is 3.63. The number of hydrogen-bond acceptors (Lipinski definition) is 6. The highest BCUT2D eigenvalue weighted by Crippen LogP contribution is 2.44. The van der Waals surface area contributed by atoms with Crippen molar-refractivity contribution in [3.63, 3.8) is 0 Å². The highest BCUT2D eigenvalue weighted by atomic mass is 32.1. The normalized spacial score (nSPS) is 10.2. The molecule has 0 atom stereocenters. The van der Waals surface area contributed by atoms with Crippen LogP contribution in [0.3, 0.4) is 0 Å². The van der Waals surface area contributed by atoms with Crippen LogP contribution in [0.15, 0.2) is 23.6 Å². The van der Waals surface area contributed by atoms with E-state index in [1.807, 2.05) is 23.6 Å². The molecule has 0 spiro atoms. The molecule has 108 valence electrons. The van der Waals surface area contributed by atoms with Crippen LogP contribution in [0.4, 0.5) is 0 Å². The van der Waals surface area contributed by atoms with Gasteiger partial charge in [0.05, 0.1) is 21.3 Å². The molecule has 0 aliphatic heterocycles. The quantitative estimate of drug-likeness (QED) is 0.831. The summed E-state index contributed by atoms with van der Waals surface area (Å²) in [5.41, 5.74) is 1.73. The fourth-order valence-corrected chi connectivity index (χ4v) is 2.68. The molecule has 0 aliphatic carbocycles. The number of thiophene rings is 1. The number of methoxy groups -OCH3 is 3. The van der Waals surface area contributed by atoms with E-state index in [0.29, 0.717) is 22.3 Å². The van der Waals surface area contributed by atoms with E-state index in [0.717, 1.165) is 11.1 Å². The summed E-state index contributed by atoms with van der Waals surface area (Å²) in [4.78, 5) is 0. The topological polar surface area (TPSA) is 57.2 Å². The summed E-state index contributed by atoms with van der Waals surface area (Å²) in [5.74, 6) is 1.68. The average molecular weight is 296 g/mol. The van der Waals surface area contributed by atoms with Gasteiger partial charge in [0.2, 0.25) is 5.75 Å². The number of ether oxygens (including phenoxy) is 4. The maximum Gasteiger partial charge on any atom is 0.203 e. The minimum Gasteiger partial charge on any atom is -0.493 e. The Labute approximate surface area is 121 Å². The van der Waals surface area contributed by atoms with E-state index in [9.17, 15) is 0 Å². The van der Waals surface area contributed by atoms with E-state index in [1.54, 1.807) is 21.3 Å². The Hall–Kier alpha value is -1.92. The van der Waals surface area contributed by atoms with Gasteiger partial charge in [-0.05, 0) is 29.1 Å². The molecule has 2 aromatic rings. The van der Waals surface area contributed by atoms with Crippen molar-refractivity contribution in [3.05, 3.63) is 23.6 Å². The van der Waals surface area contributed by atoms with Gasteiger partial charge in [0, 0.05) is 5.56 Å². The lowest BCUT2D eigenvalue weighted by molar-refractivity contribution is 0.103. The minimum absolute atomic E-state index is 0.363. The Morgan fingerprint density at radius 1 is 1.05 bits per heavy atom. The Morgan fingerprint density at radius 3 is 2.20 bits per heavy atom. The van der Waals surface area contributed by atoms with Crippen molar-refractivity contribution in [2.75, 3.05) is 28.1 Å². The molecular weight excluding hydrogens is 280 g/mol. The summed E-state index contributed by atoms with van der Waals surface area (Å²) < 4.78 is 21.1. The smallest absolute Gasteiger partial charge is 0.203 e. The molecule has 0 bridgehead atoms. The van der Waals surface area contributed by atoms with Crippen molar-refractivity contribution < 1.29 is 24.1 Å². The van der Waals surface area contributed by atoms with Gasteiger partial charge in [-0.15, -0.1) is 11.3 Å². The van der Waals surface area contributed by atoms with Gasteiger partial charge >= 0.3 is 0 Å². The number of hydrogen-bond donors (Lipinski definition) is 1. The summed E-state index contributed by atoms with van der Waals surface area (Å²) in [6.07, 6.45) is 0. The van der Waals surface area contributed by atoms with Crippen LogP contribution in [0.5, 0.6) is 22.3 Å². The molecule has 0 unspecified atom stereocenters. The van der Waals surface area contributed by atoms with Crippen molar-refractivity contribution in [2.45, 2.75) is 0 Å². The first-order valence-corrected chi connectivity index (χ1v) is 6.74. The standard InChI is InChI=1S/C14H16O5S/c1-16-11-6-9(7-12(17-2)13(11)18-3)10-4-5-20-14(10)19-8-15/h4-7,15H,8H2,1-3H3. The molecule has 1 aromatic carbocycles. The predicted molar refractivity (Wildman–Crippen MR) is 77.1 cm³/mol. The van der Waals surface area contributed by atoms with Crippen LogP contribution in [0.2, 0.25) is 0 Å². The van der Waals surface area contributed by atoms with E-state index < -0.39 is 0 Å². The summed E-state index contributed by atoms with van der Waals surface area (Å²) in [5, 5.41) is 11.4. The molecule has 1 aromatic heterocycles. The van der Waals surface area contributed by atoms with E-state index >= 15 is 0 Å². The molecule has 0 saturated heterocycles. The zero-order valence-electron chi connectivity index (χ0n) is 11.5. The van der Waals surface area contributed by atoms with Crippen LogP contribution in [0, 0.1) is 0 Å². The van der Waals surface area contributed by atoms with Gasteiger partial charge in [0.1, 0.15) is 0 Å². The van der Waals surface area contributed by atoms with Crippen LogP contribution in [0.1, 0.15) is 0 Å². The summed E-state index contributed by atoms with van der Waals surface area (Å²) >= 11 is 1.41. The van der Waals surface area contributed by atoms with Crippen molar-refractivity contribution in [3.8, 4) is 33.4 Å². The van der Waals surface area contributed by atoms with Crippen molar-refractivity contribution in [1.82, 2.24) is 0 Å². The fraction of sp³-hybridized carbons (Fsp3) is 0.286. The van der Waals surface area contributed by atoms with E-state index in [1.165, 1.54) is 11.3 Å². The Bertz CT molecular complexity index is 554. The largest absolute Gasteiger partial charge is 0.493 e. The lowest BCUT2D eigenvalue weighted by Gasteiger charge is -2.14. The molecule has 1 heterocycles. The van der Waals surface area contributed by atoms with E-state index in [-0.39, 0.29) is 6.79 Å². The number of aliphatic hydroxyl groups is 1. The molecule has 0 amide bonds. The first-order valence-electron chi connectivity index (χ1n) is 5.86. The Balaban J connectivity index is 2.54. The first-order chi connectivity index (χ1) is 9.74. The van der Waals surface area contributed by atoms with Crippen molar-refractivity contribution in [1.29, 1.82) is 0 Å². The van der Waals surface area contributed by atoms with Gasteiger partial charge < -0.3 is 24.1 Å². The highest BCUT2D eigenvalue weighted by Gasteiger charge is 2.16. The average Bonchev–Trinajstić information content (AvgIpc) is 2.94.